The van der Waals surface area contributed by atoms with Crippen LogP contribution in [0.25, 0.3) is 5.69 Å². The number of benzene rings is 2. The molecule has 1 heterocycles. The van der Waals surface area contributed by atoms with E-state index < -0.39 is 11.4 Å². The summed E-state index contributed by atoms with van der Waals surface area (Å²) >= 11 is 11.1. The summed E-state index contributed by atoms with van der Waals surface area (Å²) in [5.74, 6) is 4.66. The molecule has 0 aliphatic heterocycles. The van der Waals surface area contributed by atoms with Gasteiger partial charge >= 0.3 is 5.97 Å². The number of hydrogen-bond acceptors (Lipinski definition) is 6. The van der Waals surface area contributed by atoms with Crippen molar-refractivity contribution < 1.29 is 14.7 Å². The highest BCUT2D eigenvalue weighted by Crippen LogP contribution is 2.29. The van der Waals surface area contributed by atoms with E-state index in [2.05, 4.69) is 62.5 Å². The largest absolute Gasteiger partial charge is 0.480 e. The number of aliphatic carboxylic acids is 1. The predicted octanol–water partition coefficient (Wildman–Crippen LogP) is 5.39. The molecule has 8 nitrogen and oxygen atoms in total. The number of carboxylic acids is 1. The van der Waals surface area contributed by atoms with Crippen molar-refractivity contribution in [1.29, 1.82) is 0 Å². The molecule has 0 aliphatic rings. The fraction of sp³-hybridized carbons (Fsp3) is 0.292. The van der Waals surface area contributed by atoms with Crippen molar-refractivity contribution in [2.24, 2.45) is 5.41 Å². The molecular weight excluding hydrogens is 554 g/mol. The predicted molar refractivity (Wildman–Crippen MR) is 140 cm³/mol. The van der Waals surface area contributed by atoms with Crippen LogP contribution in [0.2, 0.25) is 5.02 Å². The molecule has 0 fully saturated rings. The van der Waals surface area contributed by atoms with Crippen LogP contribution in [0, 0.1) is 17.3 Å². The average molecular weight is 577 g/mol. The summed E-state index contributed by atoms with van der Waals surface area (Å²) in [5.41, 5.74) is 1.74. The van der Waals surface area contributed by atoms with Gasteiger partial charge in [-0.2, -0.15) is 4.68 Å². The van der Waals surface area contributed by atoms with Gasteiger partial charge in [0.25, 0.3) is 0 Å². The molecule has 3 aromatic rings. The van der Waals surface area contributed by atoms with Crippen molar-refractivity contribution in [2.75, 3.05) is 11.1 Å². The molecule has 35 heavy (non-hydrogen) atoms. The number of tetrazole rings is 1. The van der Waals surface area contributed by atoms with Gasteiger partial charge in [0.2, 0.25) is 11.1 Å². The van der Waals surface area contributed by atoms with Gasteiger partial charge in [0.1, 0.15) is 5.41 Å². The summed E-state index contributed by atoms with van der Waals surface area (Å²) in [6.45, 7) is 7.27. The lowest BCUT2D eigenvalue weighted by Crippen LogP contribution is -2.21. The SMILES string of the molecule is CC(C)c1ccc(-n2nnnc2SCC(=O)Nc2ccc(C#CC(C)(C)C(=O)O)cc2Cl)c(Br)c1. The molecule has 182 valence electrons. The molecular formula is C24H23BrClN5O3S. The second kappa shape index (κ2) is 11.2. The van der Waals surface area contributed by atoms with Gasteiger partial charge in [-0.15, -0.1) is 5.10 Å². The summed E-state index contributed by atoms with van der Waals surface area (Å²) in [6.07, 6.45) is 0. The van der Waals surface area contributed by atoms with Gasteiger partial charge in [-0.25, -0.2) is 0 Å². The Morgan fingerprint density at radius 1 is 1.26 bits per heavy atom. The summed E-state index contributed by atoms with van der Waals surface area (Å²) in [6, 6.07) is 10.8. The Kier molecular flexibility index (Phi) is 8.59. The highest BCUT2D eigenvalue weighted by molar-refractivity contribution is 9.10. The number of anilines is 1. The number of nitrogens with one attached hydrogen (secondary N) is 1. The van der Waals surface area contributed by atoms with Crippen molar-refractivity contribution in [3.05, 3.63) is 57.0 Å². The lowest BCUT2D eigenvalue weighted by Gasteiger charge is -2.11. The minimum Gasteiger partial charge on any atom is -0.480 e. The monoisotopic (exact) mass is 575 g/mol. The number of carboxylic acid groups (broad SMARTS) is 1. The van der Waals surface area contributed by atoms with Crippen LogP contribution in [0.4, 0.5) is 5.69 Å². The molecule has 0 spiro atoms. The van der Waals surface area contributed by atoms with E-state index in [1.165, 1.54) is 31.2 Å². The van der Waals surface area contributed by atoms with Gasteiger partial charge in [-0.1, -0.05) is 55.1 Å². The summed E-state index contributed by atoms with van der Waals surface area (Å²) < 4.78 is 2.43. The zero-order chi connectivity index (χ0) is 25.8. The Morgan fingerprint density at radius 2 is 2.00 bits per heavy atom. The first-order valence-electron chi connectivity index (χ1n) is 10.5. The van der Waals surface area contributed by atoms with E-state index in [0.29, 0.717) is 27.3 Å². The fourth-order valence-electron chi connectivity index (χ4n) is 2.77. The zero-order valence-corrected chi connectivity index (χ0v) is 22.6. The van der Waals surface area contributed by atoms with Crippen molar-refractivity contribution in [2.45, 2.75) is 38.8 Å². The van der Waals surface area contributed by atoms with Crippen molar-refractivity contribution in [3.63, 3.8) is 0 Å². The van der Waals surface area contributed by atoms with Crippen LogP contribution in [0.3, 0.4) is 0 Å². The quantitative estimate of drug-likeness (QED) is 0.286. The second-order valence-electron chi connectivity index (χ2n) is 8.45. The maximum absolute atomic E-state index is 12.5. The number of carbonyl (C=O) groups is 2. The smallest absolute Gasteiger partial charge is 0.321 e. The average Bonchev–Trinajstić information content (AvgIpc) is 3.26. The Bertz CT molecular complexity index is 1330. The lowest BCUT2D eigenvalue weighted by atomic mass is 9.94. The fourth-order valence-corrected chi connectivity index (χ4v) is 4.24. The van der Waals surface area contributed by atoms with E-state index in [1.54, 1.807) is 22.9 Å². The Hall–Kier alpha value is -2.87. The molecule has 0 atom stereocenters. The van der Waals surface area contributed by atoms with Crippen LogP contribution >= 0.6 is 39.3 Å². The Balaban J connectivity index is 1.66. The van der Waals surface area contributed by atoms with Crippen LogP contribution in [-0.4, -0.2) is 42.9 Å². The number of amides is 1. The number of nitrogens with zero attached hydrogens (tertiary/aromatic N) is 4. The van der Waals surface area contributed by atoms with Crippen molar-refractivity contribution in [1.82, 2.24) is 20.2 Å². The topological polar surface area (TPSA) is 110 Å². The first kappa shape index (κ1) is 26.7. The van der Waals surface area contributed by atoms with Crippen molar-refractivity contribution >= 4 is 56.9 Å². The maximum atomic E-state index is 12.5. The maximum Gasteiger partial charge on any atom is 0.321 e. The van der Waals surface area contributed by atoms with E-state index in [4.69, 9.17) is 16.7 Å². The van der Waals surface area contributed by atoms with Crippen LogP contribution in [0.1, 0.15) is 44.7 Å². The molecule has 0 bridgehead atoms. The van der Waals surface area contributed by atoms with E-state index >= 15 is 0 Å². The molecule has 1 aromatic heterocycles. The summed E-state index contributed by atoms with van der Waals surface area (Å²) in [7, 11) is 0. The normalized spacial score (nSPS) is 11.2. The van der Waals surface area contributed by atoms with Gasteiger partial charge < -0.3 is 10.4 Å². The van der Waals surface area contributed by atoms with Gasteiger partial charge in [0.05, 0.1) is 22.2 Å². The minimum absolute atomic E-state index is 0.0623. The Morgan fingerprint density at radius 3 is 2.63 bits per heavy atom. The van der Waals surface area contributed by atoms with Gasteiger partial charge in [-0.3, -0.25) is 9.59 Å². The zero-order valence-electron chi connectivity index (χ0n) is 19.5. The second-order valence-corrected chi connectivity index (χ2v) is 10.7. The van der Waals surface area contributed by atoms with E-state index in [1.807, 2.05) is 18.2 Å². The molecule has 3 rings (SSSR count). The molecule has 0 radical (unpaired) electrons. The van der Waals surface area contributed by atoms with Crippen LogP contribution < -0.4 is 5.32 Å². The minimum atomic E-state index is -1.18. The molecule has 11 heteroatoms. The van der Waals surface area contributed by atoms with E-state index in [9.17, 15) is 9.59 Å². The van der Waals surface area contributed by atoms with E-state index in [0.717, 1.165) is 10.2 Å². The highest BCUT2D eigenvalue weighted by Gasteiger charge is 2.24. The van der Waals surface area contributed by atoms with E-state index in [-0.39, 0.29) is 11.7 Å². The lowest BCUT2D eigenvalue weighted by molar-refractivity contribution is -0.143. The highest BCUT2D eigenvalue weighted by atomic mass is 79.9. The van der Waals surface area contributed by atoms with Crippen LogP contribution in [0.15, 0.2) is 46.0 Å². The Labute approximate surface area is 221 Å². The molecule has 2 aromatic carbocycles. The molecule has 0 aliphatic carbocycles. The standard InChI is InChI=1S/C24H23BrClN5O3S/c1-14(2)16-6-8-20(17(25)12-16)31-23(28-29-30-31)35-13-21(32)27-19-7-5-15(11-18(19)26)9-10-24(3,4)22(33)34/h5-8,11-12,14H,13H2,1-4H3,(H,27,32)(H,33,34). The number of hydrogen-bond donors (Lipinski definition) is 2. The molecule has 1 amide bonds. The summed E-state index contributed by atoms with van der Waals surface area (Å²) in [5, 5.41) is 24.5. The van der Waals surface area contributed by atoms with Gasteiger partial charge in [-0.05, 0) is 82.0 Å². The van der Waals surface area contributed by atoms with Gasteiger partial charge in [0.15, 0.2) is 0 Å². The molecule has 2 N–H and O–H groups in total. The number of carbonyl (C=O) groups excluding carboxylic acids is 1. The van der Waals surface area contributed by atoms with Crippen LogP contribution in [0.5, 0.6) is 0 Å². The summed E-state index contributed by atoms with van der Waals surface area (Å²) in [4.78, 5) is 23.7. The number of rotatable bonds is 7. The number of thioether (sulfide) groups is 1. The van der Waals surface area contributed by atoms with Crippen molar-refractivity contribution in [3.8, 4) is 17.5 Å². The third-order valence-corrected chi connectivity index (χ3v) is 6.80. The molecule has 0 saturated heterocycles. The van der Waals surface area contributed by atoms with Crippen LogP contribution in [-0.2, 0) is 9.59 Å². The first-order valence-corrected chi connectivity index (χ1v) is 12.7. The molecule has 0 unspecified atom stereocenters. The molecule has 0 saturated carbocycles. The number of halogens is 2. The number of aromatic nitrogens is 4. The third kappa shape index (κ3) is 6.84. The first-order chi connectivity index (χ1) is 16.5. The van der Waals surface area contributed by atoms with Gasteiger partial charge in [0, 0.05) is 10.0 Å². The third-order valence-electron chi connectivity index (χ3n) is 4.94.